The van der Waals surface area contributed by atoms with Crippen molar-refractivity contribution in [3.8, 4) is 6.07 Å². The van der Waals surface area contributed by atoms with Crippen molar-refractivity contribution in [1.82, 2.24) is 0 Å². The van der Waals surface area contributed by atoms with Crippen molar-refractivity contribution >= 4 is 27.1 Å². The largest absolute Gasteiger partial charge is 0.610 e. The van der Waals surface area contributed by atoms with Crippen LogP contribution in [0.5, 0.6) is 0 Å². The first-order valence-corrected chi connectivity index (χ1v) is 7.21. The van der Waals surface area contributed by atoms with E-state index in [2.05, 4.69) is 22.0 Å². The van der Waals surface area contributed by atoms with Gasteiger partial charge in [0.1, 0.15) is 6.07 Å². The molecule has 1 fully saturated rings. The lowest BCUT2D eigenvalue weighted by molar-refractivity contribution is 0.556. The third-order valence-electron chi connectivity index (χ3n) is 3.01. The number of benzene rings is 1. The lowest BCUT2D eigenvalue weighted by atomic mass is 10.1. The highest BCUT2D eigenvalue weighted by Crippen LogP contribution is 2.41. The van der Waals surface area contributed by atoms with Crippen LogP contribution in [0.15, 0.2) is 33.6 Å². The van der Waals surface area contributed by atoms with E-state index in [1.165, 1.54) is 0 Å². The van der Waals surface area contributed by atoms with Crippen LogP contribution in [0.25, 0.3) is 0 Å². The Morgan fingerprint density at radius 1 is 1.31 bits per heavy atom. The lowest BCUT2D eigenvalue weighted by Crippen LogP contribution is -2.34. The van der Waals surface area contributed by atoms with Gasteiger partial charge in [0.2, 0.25) is 4.75 Å². The normalized spacial score (nSPS) is 20.3. The lowest BCUT2D eigenvalue weighted by Gasteiger charge is -2.25. The Hall–Kier alpha value is -0.500. The van der Waals surface area contributed by atoms with Crippen molar-refractivity contribution in [2.75, 3.05) is 0 Å². The second kappa shape index (κ2) is 4.79. The molecule has 0 aliphatic heterocycles. The van der Waals surface area contributed by atoms with Gasteiger partial charge in [-0.3, -0.25) is 0 Å². The summed E-state index contributed by atoms with van der Waals surface area (Å²) in [5.74, 6) is 0. The van der Waals surface area contributed by atoms with E-state index in [-0.39, 0.29) is 0 Å². The topological polar surface area (TPSA) is 46.8 Å². The molecule has 0 N–H and O–H groups in total. The average Bonchev–Trinajstić information content (AvgIpc) is 2.78. The Bertz CT molecular complexity index is 423. The summed E-state index contributed by atoms with van der Waals surface area (Å²) < 4.78 is 12.6. The zero-order valence-corrected chi connectivity index (χ0v) is 11.2. The van der Waals surface area contributed by atoms with Gasteiger partial charge in [-0.25, -0.2) is 0 Å². The van der Waals surface area contributed by atoms with E-state index in [0.717, 1.165) is 35.1 Å². The standard InChI is InChI=1S/C12H12BrNOS/c13-10-5-1-2-6-11(10)16(15)12(9-14)7-3-4-8-12/h1-2,5-6H,3-4,7-8H2. The Morgan fingerprint density at radius 2 is 1.94 bits per heavy atom. The molecule has 4 heteroatoms. The van der Waals surface area contributed by atoms with Crippen LogP contribution in [-0.4, -0.2) is 9.30 Å². The van der Waals surface area contributed by atoms with Crippen molar-refractivity contribution in [3.05, 3.63) is 28.7 Å². The highest BCUT2D eigenvalue weighted by Gasteiger charge is 2.47. The summed E-state index contributed by atoms with van der Waals surface area (Å²) in [5, 5.41) is 9.28. The molecule has 2 nitrogen and oxygen atoms in total. The summed E-state index contributed by atoms with van der Waals surface area (Å²) in [4.78, 5) is 0.742. The number of nitrogens with zero attached hydrogens (tertiary/aromatic N) is 1. The van der Waals surface area contributed by atoms with Gasteiger partial charge >= 0.3 is 0 Å². The Morgan fingerprint density at radius 3 is 2.50 bits per heavy atom. The Balaban J connectivity index is 2.35. The van der Waals surface area contributed by atoms with Gasteiger partial charge in [-0.05, 0) is 40.9 Å². The minimum absolute atomic E-state index is 0.663. The van der Waals surface area contributed by atoms with Gasteiger partial charge in [-0.1, -0.05) is 12.1 Å². The van der Waals surface area contributed by atoms with E-state index >= 15 is 0 Å². The van der Waals surface area contributed by atoms with E-state index in [0.29, 0.717) is 0 Å². The SMILES string of the molecule is N#CC1([S+]([O-])c2ccccc2Br)CCCC1. The van der Waals surface area contributed by atoms with Gasteiger partial charge in [0.15, 0.2) is 4.90 Å². The quantitative estimate of drug-likeness (QED) is 0.786. The summed E-state index contributed by atoms with van der Waals surface area (Å²) in [6, 6.07) is 9.73. The van der Waals surface area contributed by atoms with Crippen LogP contribution in [0, 0.1) is 11.3 Å². The van der Waals surface area contributed by atoms with Crippen LogP contribution in [-0.2, 0) is 11.2 Å². The second-order valence-electron chi connectivity index (χ2n) is 4.01. The summed E-state index contributed by atoms with van der Waals surface area (Å²) in [6.45, 7) is 0. The van der Waals surface area contributed by atoms with E-state index in [1.54, 1.807) is 0 Å². The van der Waals surface area contributed by atoms with Crippen LogP contribution in [0.3, 0.4) is 0 Å². The molecular weight excluding hydrogens is 286 g/mol. The number of rotatable bonds is 2. The van der Waals surface area contributed by atoms with Crippen LogP contribution in [0.4, 0.5) is 0 Å². The molecule has 0 heterocycles. The zero-order valence-electron chi connectivity index (χ0n) is 8.78. The van der Waals surface area contributed by atoms with E-state index in [9.17, 15) is 9.81 Å². The van der Waals surface area contributed by atoms with Crippen molar-refractivity contribution in [1.29, 1.82) is 5.26 Å². The first-order chi connectivity index (χ1) is 7.69. The van der Waals surface area contributed by atoms with Crippen molar-refractivity contribution in [2.45, 2.75) is 35.3 Å². The van der Waals surface area contributed by atoms with Crippen molar-refractivity contribution in [2.24, 2.45) is 0 Å². The molecule has 1 saturated carbocycles. The van der Waals surface area contributed by atoms with Crippen molar-refractivity contribution < 1.29 is 4.55 Å². The summed E-state index contributed by atoms with van der Waals surface area (Å²) in [7, 11) is 0. The van der Waals surface area contributed by atoms with E-state index in [1.807, 2.05) is 24.3 Å². The van der Waals surface area contributed by atoms with Crippen LogP contribution < -0.4 is 0 Å². The minimum Gasteiger partial charge on any atom is -0.610 e. The second-order valence-corrected chi connectivity index (χ2v) is 6.63. The molecular formula is C12H12BrNOS. The molecule has 0 aromatic heterocycles. The predicted octanol–water partition coefficient (Wildman–Crippen LogP) is 3.39. The van der Waals surface area contributed by atoms with Gasteiger partial charge in [0.05, 0.1) is 4.47 Å². The highest BCUT2D eigenvalue weighted by atomic mass is 79.9. The molecule has 1 aromatic rings. The Labute approximate surface area is 107 Å². The molecule has 0 spiro atoms. The number of nitriles is 1. The number of halogens is 1. The maximum atomic E-state index is 12.5. The molecule has 1 unspecified atom stereocenters. The van der Waals surface area contributed by atoms with Gasteiger partial charge in [-0.15, -0.1) is 0 Å². The molecule has 0 amide bonds. The van der Waals surface area contributed by atoms with Crippen LogP contribution in [0.2, 0.25) is 0 Å². The highest BCUT2D eigenvalue weighted by molar-refractivity contribution is 9.10. The molecule has 1 aliphatic rings. The summed E-state index contributed by atoms with van der Waals surface area (Å²) in [6.07, 6.45) is 3.50. The summed E-state index contributed by atoms with van der Waals surface area (Å²) in [5.41, 5.74) is 0. The fraction of sp³-hybridized carbons (Fsp3) is 0.417. The van der Waals surface area contributed by atoms with Crippen LogP contribution in [0.1, 0.15) is 25.7 Å². The average molecular weight is 298 g/mol. The van der Waals surface area contributed by atoms with Gasteiger partial charge < -0.3 is 4.55 Å². The Kier molecular flexibility index (Phi) is 3.58. The third-order valence-corrected chi connectivity index (χ3v) is 5.92. The maximum Gasteiger partial charge on any atom is 0.215 e. The van der Waals surface area contributed by atoms with E-state index in [4.69, 9.17) is 0 Å². The molecule has 0 radical (unpaired) electrons. The van der Waals surface area contributed by atoms with Gasteiger partial charge in [0.25, 0.3) is 0 Å². The molecule has 1 aromatic carbocycles. The summed E-state index contributed by atoms with van der Waals surface area (Å²) >= 11 is 2.16. The molecule has 16 heavy (non-hydrogen) atoms. The number of hydrogen-bond acceptors (Lipinski definition) is 2. The van der Waals surface area contributed by atoms with Gasteiger partial charge in [0, 0.05) is 24.0 Å². The molecule has 0 saturated heterocycles. The minimum atomic E-state index is -1.24. The first-order valence-electron chi connectivity index (χ1n) is 5.27. The number of hydrogen-bond donors (Lipinski definition) is 0. The van der Waals surface area contributed by atoms with Crippen LogP contribution >= 0.6 is 15.9 Å². The maximum absolute atomic E-state index is 12.5. The van der Waals surface area contributed by atoms with Crippen molar-refractivity contribution in [3.63, 3.8) is 0 Å². The molecule has 84 valence electrons. The third kappa shape index (κ3) is 2.00. The first kappa shape index (κ1) is 12.0. The van der Waals surface area contributed by atoms with Gasteiger partial charge in [-0.2, -0.15) is 5.26 Å². The molecule has 1 aliphatic carbocycles. The monoisotopic (exact) mass is 297 g/mol. The smallest absolute Gasteiger partial charge is 0.215 e. The molecule has 2 rings (SSSR count). The fourth-order valence-electron chi connectivity index (χ4n) is 2.09. The molecule has 1 atom stereocenters. The van der Waals surface area contributed by atoms with E-state index < -0.39 is 15.9 Å². The zero-order chi connectivity index (χ0) is 11.6. The molecule has 0 bridgehead atoms. The fourth-order valence-corrected chi connectivity index (χ4v) is 4.43. The predicted molar refractivity (Wildman–Crippen MR) is 67.4 cm³/mol.